The zero-order valence-corrected chi connectivity index (χ0v) is 19.4. The zero-order valence-electron chi connectivity index (χ0n) is 19.4. The van der Waals surface area contributed by atoms with Gasteiger partial charge in [-0.1, -0.05) is 73.9 Å². The fraction of sp³-hybridized carbons (Fsp3) is 0.310. The SMILES string of the molecule is CCOc1cccc(C2/C(=C(/O)c3cccc4ccccc34)C(=O)C(=O)N2C2CCCCC2)c1. The number of rotatable bonds is 5. The molecule has 5 rings (SSSR count). The monoisotopic (exact) mass is 455 g/mol. The Kier molecular flexibility index (Phi) is 6.10. The summed E-state index contributed by atoms with van der Waals surface area (Å²) in [5.74, 6) is -0.594. The molecular weight excluding hydrogens is 426 g/mol. The molecule has 1 aliphatic carbocycles. The Morgan fingerprint density at radius 1 is 0.971 bits per heavy atom. The third-order valence-electron chi connectivity index (χ3n) is 6.98. The van der Waals surface area contributed by atoms with Gasteiger partial charge in [0.05, 0.1) is 18.2 Å². The highest BCUT2D eigenvalue weighted by Gasteiger charge is 2.49. The van der Waals surface area contributed by atoms with Crippen molar-refractivity contribution < 1.29 is 19.4 Å². The Morgan fingerprint density at radius 2 is 1.71 bits per heavy atom. The highest BCUT2D eigenvalue weighted by Crippen LogP contribution is 2.44. The van der Waals surface area contributed by atoms with E-state index in [9.17, 15) is 14.7 Å². The number of aliphatic hydroxyl groups excluding tert-OH is 1. The van der Waals surface area contributed by atoms with E-state index in [0.29, 0.717) is 17.9 Å². The van der Waals surface area contributed by atoms with Crippen LogP contribution in [0.15, 0.2) is 72.3 Å². The molecule has 0 radical (unpaired) electrons. The number of carbonyl (C=O) groups excluding carboxylic acids is 2. The van der Waals surface area contributed by atoms with Gasteiger partial charge in [-0.05, 0) is 48.2 Å². The van der Waals surface area contributed by atoms with Crippen LogP contribution in [-0.2, 0) is 9.59 Å². The van der Waals surface area contributed by atoms with Crippen molar-refractivity contribution in [1.29, 1.82) is 0 Å². The maximum Gasteiger partial charge on any atom is 0.295 e. The quantitative estimate of drug-likeness (QED) is 0.291. The third-order valence-corrected chi connectivity index (χ3v) is 6.98. The van der Waals surface area contributed by atoms with E-state index in [-0.39, 0.29) is 17.4 Å². The van der Waals surface area contributed by atoms with Gasteiger partial charge in [-0.2, -0.15) is 0 Å². The minimum atomic E-state index is -0.650. The first-order valence-corrected chi connectivity index (χ1v) is 12.1. The summed E-state index contributed by atoms with van der Waals surface area (Å²) < 4.78 is 5.71. The van der Waals surface area contributed by atoms with Crippen molar-refractivity contribution in [2.45, 2.75) is 51.1 Å². The molecule has 1 atom stereocenters. The summed E-state index contributed by atoms with van der Waals surface area (Å²) in [6.07, 6.45) is 4.93. The van der Waals surface area contributed by atoms with Crippen molar-refractivity contribution in [3.05, 3.63) is 83.4 Å². The molecule has 2 aliphatic rings. The summed E-state index contributed by atoms with van der Waals surface area (Å²) >= 11 is 0. The molecule has 0 bridgehead atoms. The highest BCUT2D eigenvalue weighted by atomic mass is 16.5. The van der Waals surface area contributed by atoms with Crippen molar-refractivity contribution in [3.8, 4) is 5.75 Å². The van der Waals surface area contributed by atoms with Gasteiger partial charge in [-0.3, -0.25) is 9.59 Å². The Balaban J connectivity index is 1.71. The van der Waals surface area contributed by atoms with E-state index in [1.807, 2.05) is 67.6 Å². The van der Waals surface area contributed by atoms with Crippen LogP contribution in [0.5, 0.6) is 5.75 Å². The maximum atomic E-state index is 13.5. The predicted octanol–water partition coefficient (Wildman–Crippen LogP) is 5.99. The first-order chi connectivity index (χ1) is 16.6. The summed E-state index contributed by atoms with van der Waals surface area (Å²) in [4.78, 5) is 28.6. The molecular formula is C29H29NO4. The van der Waals surface area contributed by atoms with Gasteiger partial charge in [-0.15, -0.1) is 0 Å². The van der Waals surface area contributed by atoms with Gasteiger partial charge >= 0.3 is 0 Å². The van der Waals surface area contributed by atoms with E-state index in [0.717, 1.165) is 48.4 Å². The lowest BCUT2D eigenvalue weighted by Crippen LogP contribution is -2.40. The number of hydrogen-bond acceptors (Lipinski definition) is 4. The molecule has 3 aromatic rings. The molecule has 1 heterocycles. The van der Waals surface area contributed by atoms with E-state index in [1.165, 1.54) is 0 Å². The first kappa shape index (κ1) is 22.2. The summed E-state index contributed by atoms with van der Waals surface area (Å²) in [5, 5.41) is 13.4. The van der Waals surface area contributed by atoms with E-state index in [1.54, 1.807) is 11.0 Å². The van der Waals surface area contributed by atoms with Crippen LogP contribution < -0.4 is 4.74 Å². The van der Waals surface area contributed by atoms with Gasteiger partial charge in [0.25, 0.3) is 11.7 Å². The first-order valence-electron chi connectivity index (χ1n) is 12.1. The van der Waals surface area contributed by atoms with Crippen molar-refractivity contribution >= 4 is 28.2 Å². The van der Waals surface area contributed by atoms with E-state index < -0.39 is 17.7 Å². The number of benzene rings is 3. The van der Waals surface area contributed by atoms with E-state index >= 15 is 0 Å². The number of amides is 1. The zero-order chi connectivity index (χ0) is 23.7. The molecule has 2 fully saturated rings. The Labute approximate surface area is 199 Å². The lowest BCUT2D eigenvalue weighted by Gasteiger charge is -2.35. The largest absolute Gasteiger partial charge is 0.507 e. The van der Waals surface area contributed by atoms with Crippen LogP contribution in [0.1, 0.15) is 56.2 Å². The van der Waals surface area contributed by atoms with Gasteiger partial charge < -0.3 is 14.7 Å². The molecule has 5 heteroatoms. The summed E-state index contributed by atoms with van der Waals surface area (Å²) in [7, 11) is 0. The van der Waals surface area contributed by atoms with Crippen LogP contribution in [0.25, 0.3) is 16.5 Å². The number of aliphatic hydroxyl groups is 1. The third kappa shape index (κ3) is 3.85. The van der Waals surface area contributed by atoms with Crippen molar-refractivity contribution in [1.82, 2.24) is 4.90 Å². The number of fused-ring (bicyclic) bond motifs is 1. The predicted molar refractivity (Wildman–Crippen MR) is 133 cm³/mol. The number of hydrogen-bond donors (Lipinski definition) is 1. The van der Waals surface area contributed by atoms with Crippen LogP contribution in [0.2, 0.25) is 0 Å². The summed E-state index contributed by atoms with van der Waals surface area (Å²) in [5.41, 5.74) is 1.49. The normalized spacial score (nSPS) is 20.7. The number of Topliss-reactive ketones (excluding diaryl/α,β-unsaturated/α-hetero) is 1. The lowest BCUT2D eigenvalue weighted by atomic mass is 9.90. The van der Waals surface area contributed by atoms with E-state index in [2.05, 4.69) is 0 Å². The highest BCUT2D eigenvalue weighted by molar-refractivity contribution is 6.46. The van der Waals surface area contributed by atoms with Gasteiger partial charge in [0, 0.05) is 11.6 Å². The molecule has 1 unspecified atom stereocenters. The average molecular weight is 456 g/mol. The molecule has 0 aromatic heterocycles. The topological polar surface area (TPSA) is 66.8 Å². The minimum Gasteiger partial charge on any atom is -0.507 e. The molecule has 1 aliphatic heterocycles. The smallest absolute Gasteiger partial charge is 0.295 e. The van der Waals surface area contributed by atoms with Crippen LogP contribution in [0, 0.1) is 0 Å². The van der Waals surface area contributed by atoms with Crippen molar-refractivity contribution in [3.63, 3.8) is 0 Å². The molecule has 1 saturated heterocycles. The number of ether oxygens (including phenoxy) is 1. The van der Waals surface area contributed by atoms with Gasteiger partial charge in [-0.25, -0.2) is 0 Å². The lowest BCUT2D eigenvalue weighted by molar-refractivity contribution is -0.141. The van der Waals surface area contributed by atoms with Gasteiger partial charge in [0.2, 0.25) is 0 Å². The van der Waals surface area contributed by atoms with Crippen molar-refractivity contribution in [2.24, 2.45) is 0 Å². The molecule has 174 valence electrons. The van der Waals surface area contributed by atoms with Gasteiger partial charge in [0.1, 0.15) is 11.5 Å². The standard InChI is InChI=1S/C29H29NO4/c1-2-34-22-15-8-12-20(18-22)26-25(28(32)29(33)30(26)21-13-4-3-5-14-21)27(31)24-17-9-11-19-10-6-7-16-23(19)24/h6-12,15-18,21,26,31H,2-5,13-14H2,1H3/b27-25-. The average Bonchev–Trinajstić information content (AvgIpc) is 3.14. The van der Waals surface area contributed by atoms with Gasteiger partial charge in [0.15, 0.2) is 0 Å². The van der Waals surface area contributed by atoms with Crippen molar-refractivity contribution in [2.75, 3.05) is 6.61 Å². The maximum absolute atomic E-state index is 13.5. The second-order valence-electron chi connectivity index (χ2n) is 9.03. The second kappa shape index (κ2) is 9.34. The number of ketones is 1. The molecule has 34 heavy (non-hydrogen) atoms. The van der Waals surface area contributed by atoms with Crippen LogP contribution in [-0.4, -0.2) is 34.3 Å². The second-order valence-corrected chi connectivity index (χ2v) is 9.03. The summed E-state index contributed by atoms with van der Waals surface area (Å²) in [6.45, 7) is 2.43. The number of nitrogens with zero attached hydrogens (tertiary/aromatic N) is 1. The summed E-state index contributed by atoms with van der Waals surface area (Å²) in [6, 6.07) is 20.2. The van der Waals surface area contributed by atoms with E-state index in [4.69, 9.17) is 4.74 Å². The Morgan fingerprint density at radius 3 is 2.50 bits per heavy atom. The number of carbonyl (C=O) groups is 2. The van der Waals surface area contributed by atoms with Crippen LogP contribution in [0.3, 0.4) is 0 Å². The fourth-order valence-electron chi connectivity index (χ4n) is 5.43. The number of likely N-dealkylation sites (tertiary alicyclic amines) is 1. The molecule has 1 amide bonds. The minimum absolute atomic E-state index is 0.0243. The molecule has 3 aromatic carbocycles. The molecule has 1 saturated carbocycles. The fourth-order valence-corrected chi connectivity index (χ4v) is 5.43. The molecule has 0 spiro atoms. The molecule has 5 nitrogen and oxygen atoms in total. The Bertz CT molecular complexity index is 1270. The molecule has 1 N–H and O–H groups in total. The Hall–Kier alpha value is -3.60. The van der Waals surface area contributed by atoms with Crippen LogP contribution in [0.4, 0.5) is 0 Å². The van der Waals surface area contributed by atoms with Crippen LogP contribution >= 0.6 is 0 Å².